The number of anilines is 1. The van der Waals surface area contributed by atoms with Crippen molar-refractivity contribution in [2.45, 2.75) is 38.6 Å². The van der Waals surface area contributed by atoms with Crippen molar-refractivity contribution in [3.8, 4) is 17.1 Å². The summed E-state index contributed by atoms with van der Waals surface area (Å²) in [5.74, 6) is 2.33. The molecule has 2 heterocycles. The minimum absolute atomic E-state index is 0.0264. The second-order valence-corrected chi connectivity index (χ2v) is 9.55. The minimum Gasteiger partial charge on any atom is -0.496 e. The van der Waals surface area contributed by atoms with Crippen molar-refractivity contribution in [2.75, 3.05) is 32.1 Å². The van der Waals surface area contributed by atoms with Gasteiger partial charge < -0.3 is 19.5 Å². The number of methoxy groups -OCH3 is 1. The van der Waals surface area contributed by atoms with E-state index in [9.17, 15) is 4.79 Å². The van der Waals surface area contributed by atoms with Gasteiger partial charge in [0.2, 0.25) is 5.91 Å². The number of rotatable bonds is 8. The predicted molar refractivity (Wildman–Crippen MR) is 145 cm³/mol. The number of piperidine rings is 1. The molecule has 1 aliphatic rings. The summed E-state index contributed by atoms with van der Waals surface area (Å²) < 4.78 is 7.98. The molecule has 0 bridgehead atoms. The molecule has 1 amide bonds. The van der Waals surface area contributed by atoms with Crippen molar-refractivity contribution in [1.82, 2.24) is 14.5 Å². The molecule has 0 unspecified atom stereocenters. The Morgan fingerprint density at radius 3 is 2.58 bits per heavy atom. The van der Waals surface area contributed by atoms with Crippen LogP contribution >= 0.6 is 0 Å². The number of carbonyl (C=O) groups excluding carboxylic acids is 1. The van der Waals surface area contributed by atoms with Gasteiger partial charge in [-0.2, -0.15) is 0 Å². The lowest BCUT2D eigenvalue weighted by Gasteiger charge is -2.32. The number of hydrogen-bond donors (Lipinski definition) is 1. The van der Waals surface area contributed by atoms with Crippen LogP contribution in [0.4, 0.5) is 5.69 Å². The van der Waals surface area contributed by atoms with E-state index in [4.69, 9.17) is 9.72 Å². The number of hydrogen-bond acceptors (Lipinski definition) is 4. The van der Waals surface area contributed by atoms with Gasteiger partial charge in [-0.1, -0.05) is 36.4 Å². The minimum atomic E-state index is -0.0264. The number of likely N-dealkylation sites (tertiary alicyclic amines) is 1. The standard InChI is InChI=1S/C30H34N4O2/c1-22(35)31-25-10-7-9-24(21-25)23-15-19-33(20-16-23)17-8-18-34-28-13-5-4-12-27(28)32-30(34)26-11-3-6-14-29(26)36-2/h3-7,9-14,21,23H,8,15-20H2,1-2H3,(H,31,35). The molecule has 6 heteroatoms. The van der Waals surface area contributed by atoms with E-state index in [1.807, 2.05) is 36.4 Å². The lowest BCUT2D eigenvalue weighted by Crippen LogP contribution is -2.34. The molecule has 1 fully saturated rings. The first-order valence-corrected chi connectivity index (χ1v) is 12.8. The normalized spacial score (nSPS) is 14.7. The lowest BCUT2D eigenvalue weighted by atomic mass is 9.89. The molecule has 36 heavy (non-hydrogen) atoms. The Hall–Kier alpha value is -3.64. The number of carbonyl (C=O) groups is 1. The Balaban J connectivity index is 1.23. The van der Waals surface area contributed by atoms with Crippen LogP contribution in [0, 0.1) is 0 Å². The zero-order valence-electron chi connectivity index (χ0n) is 21.1. The first-order valence-electron chi connectivity index (χ1n) is 12.8. The highest BCUT2D eigenvalue weighted by molar-refractivity contribution is 5.88. The Morgan fingerprint density at radius 2 is 1.78 bits per heavy atom. The zero-order chi connectivity index (χ0) is 24.9. The van der Waals surface area contributed by atoms with Gasteiger partial charge >= 0.3 is 0 Å². The fourth-order valence-corrected chi connectivity index (χ4v) is 5.35. The highest BCUT2D eigenvalue weighted by Gasteiger charge is 2.21. The number of imidazole rings is 1. The fourth-order valence-electron chi connectivity index (χ4n) is 5.35. The molecule has 4 aromatic rings. The van der Waals surface area contributed by atoms with Crippen LogP contribution in [0.25, 0.3) is 22.4 Å². The van der Waals surface area contributed by atoms with Crippen LogP contribution in [0.15, 0.2) is 72.8 Å². The van der Waals surface area contributed by atoms with E-state index in [-0.39, 0.29) is 5.91 Å². The Kier molecular flexibility index (Phi) is 7.33. The number of benzene rings is 3. The van der Waals surface area contributed by atoms with Crippen molar-refractivity contribution in [3.63, 3.8) is 0 Å². The summed E-state index contributed by atoms with van der Waals surface area (Å²) in [6.07, 6.45) is 3.35. The Morgan fingerprint density at radius 1 is 1.00 bits per heavy atom. The first-order chi connectivity index (χ1) is 17.6. The third-order valence-electron chi connectivity index (χ3n) is 7.12. The van der Waals surface area contributed by atoms with Gasteiger partial charge in [0.25, 0.3) is 0 Å². The monoisotopic (exact) mass is 482 g/mol. The quantitative estimate of drug-likeness (QED) is 0.338. The maximum atomic E-state index is 11.4. The van der Waals surface area contributed by atoms with Crippen molar-refractivity contribution in [2.24, 2.45) is 0 Å². The topological polar surface area (TPSA) is 59.4 Å². The highest BCUT2D eigenvalue weighted by Crippen LogP contribution is 2.33. The maximum Gasteiger partial charge on any atom is 0.221 e. The van der Waals surface area contributed by atoms with Crippen molar-refractivity contribution in [3.05, 3.63) is 78.4 Å². The van der Waals surface area contributed by atoms with Crippen LogP contribution in [0.1, 0.15) is 37.7 Å². The molecule has 1 N–H and O–H groups in total. The predicted octanol–water partition coefficient (Wildman–Crippen LogP) is 5.94. The van der Waals surface area contributed by atoms with E-state index in [0.29, 0.717) is 5.92 Å². The smallest absolute Gasteiger partial charge is 0.221 e. The third kappa shape index (κ3) is 5.29. The molecular formula is C30H34N4O2. The molecule has 1 aliphatic heterocycles. The van der Waals surface area contributed by atoms with Gasteiger partial charge in [0.15, 0.2) is 0 Å². The molecule has 6 nitrogen and oxygen atoms in total. The molecule has 0 aliphatic carbocycles. The van der Waals surface area contributed by atoms with Crippen LogP contribution in [0.2, 0.25) is 0 Å². The largest absolute Gasteiger partial charge is 0.496 e. The van der Waals surface area contributed by atoms with E-state index in [0.717, 1.165) is 79.3 Å². The van der Waals surface area contributed by atoms with Gasteiger partial charge in [-0.05, 0) is 86.8 Å². The molecule has 0 atom stereocenters. The molecule has 5 rings (SSSR count). The molecule has 1 saturated heterocycles. The van der Waals surface area contributed by atoms with Gasteiger partial charge in [-0.25, -0.2) is 4.98 Å². The molecule has 3 aromatic carbocycles. The number of aryl methyl sites for hydroxylation is 1. The van der Waals surface area contributed by atoms with Crippen LogP contribution in [0.5, 0.6) is 5.75 Å². The number of para-hydroxylation sites is 3. The average Bonchev–Trinajstić information content (AvgIpc) is 3.27. The molecule has 0 saturated carbocycles. The van der Waals surface area contributed by atoms with Gasteiger partial charge in [0.05, 0.1) is 23.7 Å². The van der Waals surface area contributed by atoms with Gasteiger partial charge in [-0.15, -0.1) is 0 Å². The second-order valence-electron chi connectivity index (χ2n) is 9.55. The second kappa shape index (κ2) is 11.0. The summed E-state index contributed by atoms with van der Waals surface area (Å²) in [5.41, 5.74) is 5.42. The summed E-state index contributed by atoms with van der Waals surface area (Å²) in [7, 11) is 1.71. The summed E-state index contributed by atoms with van der Waals surface area (Å²) in [6, 6.07) is 24.8. The first kappa shape index (κ1) is 24.1. The number of amides is 1. The van der Waals surface area contributed by atoms with Crippen LogP contribution in [0.3, 0.4) is 0 Å². The van der Waals surface area contributed by atoms with Crippen LogP contribution in [-0.2, 0) is 11.3 Å². The lowest BCUT2D eigenvalue weighted by molar-refractivity contribution is -0.114. The Labute approximate surface area is 212 Å². The molecular weight excluding hydrogens is 448 g/mol. The summed E-state index contributed by atoms with van der Waals surface area (Å²) in [5, 5.41) is 2.91. The van der Waals surface area contributed by atoms with E-state index in [1.165, 1.54) is 5.56 Å². The van der Waals surface area contributed by atoms with Gasteiger partial charge in [0.1, 0.15) is 11.6 Å². The van der Waals surface area contributed by atoms with Crippen molar-refractivity contribution >= 4 is 22.6 Å². The molecule has 0 radical (unpaired) electrons. The average molecular weight is 483 g/mol. The Bertz CT molecular complexity index is 1340. The maximum absolute atomic E-state index is 11.4. The van der Waals surface area contributed by atoms with Crippen molar-refractivity contribution < 1.29 is 9.53 Å². The summed E-state index contributed by atoms with van der Waals surface area (Å²) in [4.78, 5) is 19.0. The summed E-state index contributed by atoms with van der Waals surface area (Å²) >= 11 is 0. The van der Waals surface area contributed by atoms with Crippen molar-refractivity contribution in [1.29, 1.82) is 0 Å². The van der Waals surface area contributed by atoms with Gasteiger partial charge in [0, 0.05) is 19.2 Å². The molecule has 0 spiro atoms. The highest BCUT2D eigenvalue weighted by atomic mass is 16.5. The van der Waals surface area contributed by atoms with E-state index >= 15 is 0 Å². The zero-order valence-corrected chi connectivity index (χ0v) is 21.1. The van der Waals surface area contributed by atoms with Gasteiger partial charge in [-0.3, -0.25) is 4.79 Å². The van der Waals surface area contributed by atoms with E-state index in [1.54, 1.807) is 14.0 Å². The SMILES string of the molecule is COc1ccccc1-c1nc2ccccc2n1CCCN1CCC(c2cccc(NC(C)=O)c2)CC1. The molecule has 186 valence electrons. The van der Waals surface area contributed by atoms with Crippen LogP contribution in [-0.4, -0.2) is 47.1 Å². The van der Waals surface area contributed by atoms with E-state index in [2.05, 4.69) is 51.2 Å². The number of ether oxygens (including phenoxy) is 1. The molecule has 1 aromatic heterocycles. The number of fused-ring (bicyclic) bond motifs is 1. The number of nitrogens with one attached hydrogen (secondary N) is 1. The van der Waals surface area contributed by atoms with Crippen LogP contribution < -0.4 is 10.1 Å². The fraction of sp³-hybridized carbons (Fsp3) is 0.333. The van der Waals surface area contributed by atoms with E-state index < -0.39 is 0 Å². The third-order valence-corrected chi connectivity index (χ3v) is 7.12. The number of nitrogens with zero attached hydrogens (tertiary/aromatic N) is 3. The number of aromatic nitrogens is 2. The summed E-state index contributed by atoms with van der Waals surface area (Å²) in [6.45, 7) is 5.72.